The normalized spacial score (nSPS) is 19.9. The summed E-state index contributed by atoms with van der Waals surface area (Å²) >= 11 is 5.98. The zero-order valence-electron chi connectivity index (χ0n) is 16.4. The molecule has 0 saturated heterocycles. The van der Waals surface area contributed by atoms with E-state index in [0.717, 1.165) is 31.3 Å². The second kappa shape index (κ2) is 8.85. The van der Waals surface area contributed by atoms with Crippen molar-refractivity contribution in [3.63, 3.8) is 0 Å². The zero-order valence-corrected chi connectivity index (χ0v) is 17.2. The lowest BCUT2D eigenvalue weighted by molar-refractivity contribution is -0.118. The molecule has 0 fully saturated rings. The number of rotatable bonds is 7. The van der Waals surface area contributed by atoms with Gasteiger partial charge in [-0.1, -0.05) is 11.6 Å². The first-order valence-electron chi connectivity index (χ1n) is 9.04. The van der Waals surface area contributed by atoms with E-state index in [4.69, 9.17) is 22.1 Å². The second-order valence-corrected chi connectivity index (χ2v) is 7.36. The van der Waals surface area contributed by atoms with Crippen molar-refractivity contribution in [2.45, 2.75) is 31.2 Å². The van der Waals surface area contributed by atoms with Crippen molar-refractivity contribution in [1.29, 1.82) is 0 Å². The number of nitrogens with zero attached hydrogens (tertiary/aromatic N) is 3. The van der Waals surface area contributed by atoms with Gasteiger partial charge in [0.25, 0.3) is 12.4 Å². The molecule has 2 aromatic rings. The molecule has 13 heteroatoms. The maximum absolute atomic E-state index is 14.5. The van der Waals surface area contributed by atoms with Gasteiger partial charge < -0.3 is 15.2 Å². The Morgan fingerprint density at radius 3 is 2.75 bits per heavy atom. The van der Waals surface area contributed by atoms with Crippen LogP contribution in [0.4, 0.5) is 22.0 Å². The molecule has 0 aromatic carbocycles. The lowest BCUT2D eigenvalue weighted by Gasteiger charge is -2.36. The summed E-state index contributed by atoms with van der Waals surface area (Å²) in [5.41, 5.74) is 1.94. The number of carbonyl (C=O) groups excluding carboxylic acids is 1. The third-order valence-electron chi connectivity index (χ3n) is 4.61. The molecule has 2 aromatic heterocycles. The fourth-order valence-electron chi connectivity index (χ4n) is 2.90. The summed E-state index contributed by atoms with van der Waals surface area (Å²) in [5, 5.41) is -0.176. The number of aromatic nitrogens is 2. The van der Waals surface area contributed by atoms with Crippen LogP contribution in [0.5, 0.6) is 5.75 Å². The molecule has 0 spiro atoms. The Balaban J connectivity index is 1.87. The Morgan fingerprint density at radius 1 is 1.38 bits per heavy atom. The number of aliphatic imine (C=N–C) groups is 1. The van der Waals surface area contributed by atoms with Crippen molar-refractivity contribution in [1.82, 2.24) is 9.97 Å². The number of hydrogen-bond donors (Lipinski definition) is 1. The predicted molar refractivity (Wildman–Crippen MR) is 103 cm³/mol. The summed E-state index contributed by atoms with van der Waals surface area (Å²) in [4.78, 5) is 23.8. The summed E-state index contributed by atoms with van der Waals surface area (Å²) in [6.07, 6.45) is -2.14. The highest BCUT2D eigenvalue weighted by Crippen LogP contribution is 2.43. The molecular weight excluding hydrogens is 463 g/mol. The molecule has 1 aliphatic rings. The summed E-state index contributed by atoms with van der Waals surface area (Å²) in [5.74, 6) is -5.45. The minimum Gasteiger partial charge on any atom is -0.486 e. The minimum atomic E-state index is -3.63. The van der Waals surface area contributed by atoms with Crippen LogP contribution in [0, 0.1) is 5.82 Å². The van der Waals surface area contributed by atoms with Crippen LogP contribution in [0.25, 0.3) is 0 Å². The van der Waals surface area contributed by atoms with E-state index in [2.05, 4.69) is 19.7 Å². The number of amidine groups is 1. The van der Waals surface area contributed by atoms with Crippen LogP contribution >= 0.6 is 11.6 Å². The highest BCUT2D eigenvalue weighted by atomic mass is 35.5. The summed E-state index contributed by atoms with van der Waals surface area (Å²) < 4.78 is 77.2. The molecule has 0 saturated carbocycles. The summed E-state index contributed by atoms with van der Waals surface area (Å²) in [7, 11) is 0. The molecule has 32 heavy (non-hydrogen) atoms. The quantitative estimate of drug-likeness (QED) is 0.483. The van der Waals surface area contributed by atoms with E-state index in [0.29, 0.717) is 0 Å². The van der Waals surface area contributed by atoms with Crippen LogP contribution in [0.3, 0.4) is 0 Å². The van der Waals surface area contributed by atoms with E-state index in [1.165, 1.54) is 0 Å². The number of pyridine rings is 2. The van der Waals surface area contributed by atoms with Gasteiger partial charge in [0.2, 0.25) is 0 Å². The SMILES string of the molecule is C[C@]1(c2nc(CC(=O)c3ncc(OCC(F)F)cc3Cl)ccc2F)N=C(N)OCC1(F)F. The molecule has 7 nitrogen and oxygen atoms in total. The van der Waals surface area contributed by atoms with Gasteiger partial charge in [-0.05, 0) is 19.1 Å². The van der Waals surface area contributed by atoms with Crippen LogP contribution in [0.1, 0.15) is 28.8 Å². The lowest BCUT2D eigenvalue weighted by atomic mass is 9.88. The van der Waals surface area contributed by atoms with Gasteiger partial charge in [-0.2, -0.15) is 8.78 Å². The number of ketones is 1. The lowest BCUT2D eigenvalue weighted by Crippen LogP contribution is -2.51. The molecule has 2 N–H and O–H groups in total. The number of halogens is 6. The number of alkyl halides is 4. The maximum atomic E-state index is 14.5. The third kappa shape index (κ3) is 4.74. The molecule has 3 rings (SSSR count). The second-order valence-electron chi connectivity index (χ2n) is 6.95. The minimum absolute atomic E-state index is 0.0559. The fourth-order valence-corrected chi connectivity index (χ4v) is 3.16. The van der Waals surface area contributed by atoms with E-state index < -0.39 is 60.8 Å². The molecule has 0 amide bonds. The average Bonchev–Trinajstić information content (AvgIpc) is 2.71. The molecule has 0 unspecified atom stereocenters. The van der Waals surface area contributed by atoms with Gasteiger partial charge in [0.15, 0.2) is 17.9 Å². The Labute approximate surface area is 183 Å². The number of hydrogen-bond acceptors (Lipinski definition) is 7. The molecule has 3 heterocycles. The van der Waals surface area contributed by atoms with Crippen LogP contribution in [-0.2, 0) is 16.7 Å². The number of carbonyl (C=O) groups is 1. The first kappa shape index (κ1) is 23.6. The average molecular weight is 479 g/mol. The number of ether oxygens (including phenoxy) is 2. The van der Waals surface area contributed by atoms with Crippen molar-refractivity contribution < 1.29 is 36.2 Å². The van der Waals surface area contributed by atoms with Crippen molar-refractivity contribution in [2.75, 3.05) is 13.2 Å². The Kier molecular flexibility index (Phi) is 6.54. The Bertz CT molecular complexity index is 1070. The Hall–Kier alpha value is -3.02. The van der Waals surface area contributed by atoms with Gasteiger partial charge in [-0.3, -0.25) is 9.78 Å². The van der Waals surface area contributed by atoms with Gasteiger partial charge >= 0.3 is 5.92 Å². The van der Waals surface area contributed by atoms with E-state index in [1.54, 1.807) is 0 Å². The molecule has 0 aliphatic carbocycles. The zero-order chi connectivity index (χ0) is 23.7. The van der Waals surface area contributed by atoms with Crippen LogP contribution < -0.4 is 10.5 Å². The first-order chi connectivity index (χ1) is 14.9. The largest absolute Gasteiger partial charge is 0.486 e. The highest BCUT2D eigenvalue weighted by Gasteiger charge is 2.57. The maximum Gasteiger partial charge on any atom is 0.311 e. The van der Waals surface area contributed by atoms with Crippen molar-refractivity contribution in [3.05, 3.63) is 52.3 Å². The summed E-state index contributed by atoms with van der Waals surface area (Å²) in [6, 6.07) is 2.60. The Morgan fingerprint density at radius 2 is 2.09 bits per heavy atom. The number of nitrogens with two attached hydrogens (primary N) is 1. The topological polar surface area (TPSA) is 99.7 Å². The monoisotopic (exact) mass is 478 g/mol. The van der Waals surface area contributed by atoms with Gasteiger partial charge in [0.1, 0.15) is 29.6 Å². The van der Waals surface area contributed by atoms with Crippen LogP contribution in [-0.4, -0.2) is 47.3 Å². The molecule has 1 atom stereocenters. The third-order valence-corrected chi connectivity index (χ3v) is 4.90. The smallest absolute Gasteiger partial charge is 0.311 e. The van der Waals surface area contributed by atoms with Crippen molar-refractivity contribution in [2.24, 2.45) is 10.7 Å². The highest BCUT2D eigenvalue weighted by molar-refractivity contribution is 6.33. The van der Waals surface area contributed by atoms with Crippen LogP contribution in [0.2, 0.25) is 5.02 Å². The first-order valence-corrected chi connectivity index (χ1v) is 9.42. The van der Waals surface area contributed by atoms with E-state index >= 15 is 0 Å². The van der Waals surface area contributed by atoms with Gasteiger partial charge in [0, 0.05) is 11.8 Å². The van der Waals surface area contributed by atoms with E-state index in [-0.39, 0.29) is 22.2 Å². The number of Topliss-reactive ketones (excluding diaryl/α,β-unsaturated/α-hetero) is 1. The van der Waals surface area contributed by atoms with Crippen LogP contribution in [0.15, 0.2) is 29.4 Å². The van der Waals surface area contributed by atoms with Gasteiger partial charge in [-0.15, -0.1) is 0 Å². The molecule has 0 bridgehead atoms. The molecule has 0 radical (unpaired) electrons. The predicted octanol–water partition coefficient (Wildman–Crippen LogP) is 3.53. The molecule has 172 valence electrons. The summed E-state index contributed by atoms with van der Waals surface area (Å²) in [6.45, 7) is -1.05. The van der Waals surface area contributed by atoms with Crippen molar-refractivity contribution in [3.8, 4) is 5.75 Å². The fraction of sp³-hybridized carbons (Fsp3) is 0.368. The molecular formula is C19H16ClF5N4O3. The van der Waals surface area contributed by atoms with Crippen molar-refractivity contribution >= 4 is 23.4 Å². The van der Waals surface area contributed by atoms with Gasteiger partial charge in [0.05, 0.1) is 17.6 Å². The van der Waals surface area contributed by atoms with E-state index in [1.807, 2.05) is 0 Å². The van der Waals surface area contributed by atoms with E-state index in [9.17, 15) is 26.7 Å². The molecule has 1 aliphatic heterocycles. The standard InChI is InChI=1S/C19H16ClF5N4O3/c1-18(19(24,25)8-32-17(26)29-18)16-12(21)3-2-9(28-16)4-13(30)15-11(20)5-10(6-27-15)31-7-14(22)23/h2-3,5-6,14H,4,7-8H2,1H3,(H2,26,29)/t18-/m1/s1. The van der Waals surface area contributed by atoms with Gasteiger partial charge in [-0.25, -0.2) is 23.1 Å².